The van der Waals surface area contributed by atoms with Gasteiger partial charge < -0.3 is 20.4 Å². The molecule has 2 aliphatic heterocycles. The molecule has 1 saturated heterocycles. The number of nitrogens with zero attached hydrogens (tertiary/aromatic N) is 5. The molecule has 1 atom stereocenters. The van der Waals surface area contributed by atoms with Crippen molar-refractivity contribution < 1.29 is 14.0 Å². The van der Waals surface area contributed by atoms with Gasteiger partial charge in [-0.05, 0) is 18.9 Å². The van der Waals surface area contributed by atoms with Crippen LogP contribution >= 0.6 is 0 Å². The summed E-state index contributed by atoms with van der Waals surface area (Å²) in [7, 11) is 3.54. The second-order valence-electron chi connectivity index (χ2n) is 7.56. The molecule has 1 fully saturated rings. The number of amides is 2. The highest BCUT2D eigenvalue weighted by molar-refractivity contribution is 6.03. The Bertz CT molecular complexity index is 1020. The number of hydrogen-bond donors (Lipinski definition) is 2. The monoisotopic (exact) mass is 413 g/mol. The number of anilines is 3. The fraction of sp³-hybridized carbons (Fsp3) is 0.400. The zero-order valence-corrected chi connectivity index (χ0v) is 17.0. The van der Waals surface area contributed by atoms with Crippen molar-refractivity contribution in [2.75, 3.05) is 30.4 Å². The highest BCUT2D eigenvalue weighted by Crippen LogP contribution is 2.34. The predicted molar refractivity (Wildman–Crippen MR) is 110 cm³/mol. The van der Waals surface area contributed by atoms with E-state index in [4.69, 9.17) is 0 Å². The summed E-state index contributed by atoms with van der Waals surface area (Å²) in [5, 5.41) is 9.86. The number of fused-ring (bicyclic) bond motifs is 1. The number of carbonyl (C=O) groups is 2. The summed E-state index contributed by atoms with van der Waals surface area (Å²) >= 11 is 0. The summed E-state index contributed by atoms with van der Waals surface area (Å²) in [5.41, 5.74) is 1.14. The van der Waals surface area contributed by atoms with E-state index in [0.29, 0.717) is 18.8 Å². The predicted octanol–water partition coefficient (Wildman–Crippen LogP) is 1.55. The molecule has 2 aliphatic rings. The second-order valence-corrected chi connectivity index (χ2v) is 7.56. The van der Waals surface area contributed by atoms with Crippen molar-refractivity contribution in [3.63, 3.8) is 0 Å². The van der Waals surface area contributed by atoms with Crippen molar-refractivity contribution in [1.29, 1.82) is 0 Å². The lowest BCUT2D eigenvalue weighted by Crippen LogP contribution is -2.48. The fourth-order valence-corrected chi connectivity index (χ4v) is 3.99. The third-order valence-electron chi connectivity index (χ3n) is 5.60. The molecule has 0 aliphatic carbocycles. The lowest BCUT2D eigenvalue weighted by Gasteiger charge is -2.38. The lowest BCUT2D eigenvalue weighted by molar-refractivity contribution is -0.127. The van der Waals surface area contributed by atoms with Crippen LogP contribution in [0.2, 0.25) is 0 Å². The van der Waals surface area contributed by atoms with Crippen LogP contribution in [0.5, 0.6) is 0 Å². The number of hydrogen-bond acceptors (Lipinski definition) is 6. The smallest absolute Gasteiger partial charge is 0.255 e. The average Bonchev–Trinajstić information content (AvgIpc) is 3.34. The quantitative estimate of drug-likeness (QED) is 0.723. The van der Waals surface area contributed by atoms with Crippen LogP contribution in [0.4, 0.5) is 21.7 Å². The topological polar surface area (TPSA) is 95.4 Å². The van der Waals surface area contributed by atoms with Crippen molar-refractivity contribution >= 4 is 29.1 Å². The highest BCUT2D eigenvalue weighted by atomic mass is 19.1. The molecule has 2 amide bonds. The van der Waals surface area contributed by atoms with Gasteiger partial charge in [0.05, 0.1) is 17.4 Å². The average molecular weight is 413 g/mol. The van der Waals surface area contributed by atoms with Crippen molar-refractivity contribution in [2.24, 2.45) is 7.05 Å². The fourth-order valence-electron chi connectivity index (χ4n) is 3.99. The Balaban J connectivity index is 1.69. The van der Waals surface area contributed by atoms with Gasteiger partial charge in [-0.3, -0.25) is 14.3 Å². The molecule has 2 N–H and O–H groups in total. The van der Waals surface area contributed by atoms with Crippen LogP contribution in [0.3, 0.4) is 0 Å². The van der Waals surface area contributed by atoms with Crippen LogP contribution in [0.25, 0.3) is 0 Å². The number of piperidine rings is 1. The van der Waals surface area contributed by atoms with E-state index in [-0.39, 0.29) is 47.2 Å². The van der Waals surface area contributed by atoms with E-state index >= 15 is 4.39 Å². The Hall–Kier alpha value is -3.43. The molecular weight excluding hydrogens is 389 g/mol. The molecule has 4 heterocycles. The molecule has 4 rings (SSSR count). The molecule has 1 unspecified atom stereocenters. The van der Waals surface area contributed by atoms with Crippen molar-refractivity contribution in [2.45, 2.75) is 25.4 Å². The first-order chi connectivity index (χ1) is 14.4. The van der Waals surface area contributed by atoms with E-state index in [1.807, 2.05) is 0 Å². The molecule has 10 heteroatoms. The number of nitrogens with one attached hydrogen (secondary N) is 2. The molecule has 0 saturated carbocycles. The van der Waals surface area contributed by atoms with E-state index in [9.17, 15) is 9.59 Å². The first-order valence-electron chi connectivity index (χ1n) is 9.79. The number of pyridine rings is 1. The van der Waals surface area contributed by atoms with E-state index in [1.165, 1.54) is 6.08 Å². The van der Waals surface area contributed by atoms with E-state index in [0.717, 1.165) is 12.8 Å². The number of rotatable bonds is 5. The van der Waals surface area contributed by atoms with Gasteiger partial charge in [-0.25, -0.2) is 9.37 Å². The first kappa shape index (κ1) is 19.9. The summed E-state index contributed by atoms with van der Waals surface area (Å²) in [6.45, 7) is 4.77. The number of likely N-dealkylation sites (tertiary alicyclic amines) is 1. The molecule has 9 nitrogen and oxygen atoms in total. The maximum Gasteiger partial charge on any atom is 0.255 e. The largest absolute Gasteiger partial charge is 0.352 e. The first-order valence-corrected chi connectivity index (χ1v) is 9.79. The molecule has 158 valence electrons. The van der Waals surface area contributed by atoms with E-state index in [2.05, 4.69) is 27.3 Å². The molecule has 0 radical (unpaired) electrons. The van der Waals surface area contributed by atoms with Crippen LogP contribution in [0.1, 0.15) is 28.8 Å². The lowest BCUT2D eigenvalue weighted by atomic mass is 10.0. The SMILES string of the molecule is C=CC(=O)N1CCCC(N(C)c2nc(Nc3cnn(C)c3)c3c(c2F)CNC3=O)C1. The van der Waals surface area contributed by atoms with Gasteiger partial charge in [-0.15, -0.1) is 0 Å². The van der Waals surface area contributed by atoms with Gasteiger partial charge in [0.15, 0.2) is 11.6 Å². The number of likely N-dealkylation sites (N-methyl/N-ethyl adjacent to an activating group) is 1. The van der Waals surface area contributed by atoms with Crippen LogP contribution in [0, 0.1) is 5.82 Å². The van der Waals surface area contributed by atoms with E-state index in [1.54, 1.807) is 41.0 Å². The molecule has 0 aromatic carbocycles. The number of aromatic nitrogens is 3. The molecule has 2 aromatic rings. The summed E-state index contributed by atoms with van der Waals surface area (Å²) < 4.78 is 17.0. The van der Waals surface area contributed by atoms with Crippen molar-refractivity contribution in [3.8, 4) is 0 Å². The Labute approximate surface area is 173 Å². The maximum atomic E-state index is 15.4. The van der Waals surface area contributed by atoms with Crippen LogP contribution in [0.15, 0.2) is 25.0 Å². The third-order valence-corrected chi connectivity index (χ3v) is 5.60. The van der Waals surface area contributed by atoms with Gasteiger partial charge in [0.25, 0.3) is 5.91 Å². The Morgan fingerprint density at radius 3 is 3.00 bits per heavy atom. The highest BCUT2D eigenvalue weighted by Gasteiger charge is 2.33. The Kier molecular flexibility index (Phi) is 5.15. The van der Waals surface area contributed by atoms with Gasteiger partial charge >= 0.3 is 0 Å². The molecule has 30 heavy (non-hydrogen) atoms. The van der Waals surface area contributed by atoms with Gasteiger partial charge in [0.2, 0.25) is 5.91 Å². The van der Waals surface area contributed by atoms with Crippen molar-refractivity contribution in [1.82, 2.24) is 25.0 Å². The van der Waals surface area contributed by atoms with Crippen LogP contribution in [-0.2, 0) is 18.4 Å². The van der Waals surface area contributed by atoms with Gasteiger partial charge in [0, 0.05) is 51.5 Å². The number of aryl methyl sites for hydroxylation is 1. The number of halogens is 1. The summed E-state index contributed by atoms with van der Waals surface area (Å²) in [6.07, 6.45) is 6.26. The minimum Gasteiger partial charge on any atom is -0.352 e. The summed E-state index contributed by atoms with van der Waals surface area (Å²) in [4.78, 5) is 32.3. The standard InChI is InChI=1S/C20H24FN7O2/c1-4-15(29)28-7-5-6-13(11-28)27(3)19-17(21)14-9-22-20(30)16(14)18(25-19)24-12-8-23-26(2)10-12/h4,8,10,13H,1,5-7,9,11H2,2-3H3,(H,22,30)(H,24,25). The van der Waals surface area contributed by atoms with Crippen molar-refractivity contribution in [3.05, 3.63) is 42.0 Å². The molecular formula is C20H24FN7O2. The summed E-state index contributed by atoms with van der Waals surface area (Å²) in [6, 6.07) is -0.0981. The Morgan fingerprint density at radius 1 is 1.50 bits per heavy atom. The zero-order chi connectivity index (χ0) is 21.4. The molecule has 2 aromatic heterocycles. The van der Waals surface area contributed by atoms with Gasteiger partial charge in [-0.2, -0.15) is 5.10 Å². The number of carbonyl (C=O) groups excluding carboxylic acids is 2. The van der Waals surface area contributed by atoms with Crippen LogP contribution < -0.4 is 15.5 Å². The molecule has 0 spiro atoms. The van der Waals surface area contributed by atoms with E-state index < -0.39 is 5.82 Å². The maximum absolute atomic E-state index is 15.4. The summed E-state index contributed by atoms with van der Waals surface area (Å²) in [5.74, 6) is -0.586. The minimum absolute atomic E-state index is 0.0981. The van der Waals surface area contributed by atoms with Crippen LogP contribution in [-0.4, -0.2) is 57.7 Å². The molecule has 0 bridgehead atoms. The minimum atomic E-state index is -0.519. The second kappa shape index (κ2) is 7.77. The Morgan fingerprint density at radius 2 is 2.30 bits per heavy atom. The van der Waals surface area contributed by atoms with Gasteiger partial charge in [0.1, 0.15) is 5.82 Å². The third kappa shape index (κ3) is 3.49. The zero-order valence-electron chi connectivity index (χ0n) is 17.0. The normalized spacial score (nSPS) is 18.0. The van der Waals surface area contributed by atoms with Gasteiger partial charge in [-0.1, -0.05) is 6.58 Å².